The van der Waals surface area contributed by atoms with Gasteiger partial charge in [-0.3, -0.25) is 4.98 Å². The molecule has 0 spiro atoms. The summed E-state index contributed by atoms with van der Waals surface area (Å²) >= 11 is 0. The highest BCUT2D eigenvalue weighted by atomic mass is 32.2. The molecule has 3 aromatic rings. The minimum absolute atomic E-state index is 0.0947. The van der Waals surface area contributed by atoms with Crippen molar-refractivity contribution in [1.29, 1.82) is 5.26 Å². The number of methoxy groups -OCH3 is 1. The van der Waals surface area contributed by atoms with Crippen LogP contribution in [-0.2, 0) is 9.84 Å². The number of aromatic nitrogens is 1. The van der Waals surface area contributed by atoms with Gasteiger partial charge in [0.05, 0.1) is 34.8 Å². The average Bonchev–Trinajstić information content (AvgIpc) is 2.78. The third kappa shape index (κ3) is 3.59. The molecule has 0 bridgehead atoms. The van der Waals surface area contributed by atoms with E-state index in [2.05, 4.69) is 16.8 Å². The van der Waals surface area contributed by atoms with E-state index in [1.807, 2.05) is 24.3 Å². The van der Waals surface area contributed by atoms with Crippen molar-refractivity contribution in [2.45, 2.75) is 29.6 Å². The number of piperidine rings is 1. The quantitative estimate of drug-likeness (QED) is 0.628. The summed E-state index contributed by atoms with van der Waals surface area (Å²) in [6.45, 7) is 3.77. The Morgan fingerprint density at radius 1 is 1.17 bits per heavy atom. The minimum Gasteiger partial charge on any atom is -0.497 e. The van der Waals surface area contributed by atoms with Crippen molar-refractivity contribution >= 4 is 26.4 Å². The van der Waals surface area contributed by atoms with Crippen molar-refractivity contribution in [2.75, 3.05) is 25.1 Å². The highest BCUT2D eigenvalue weighted by molar-refractivity contribution is 7.91. The van der Waals surface area contributed by atoms with E-state index in [0.717, 1.165) is 31.3 Å². The fraction of sp³-hybridized carbons (Fsp3) is 0.304. The molecule has 4 rings (SSSR count). The molecule has 0 saturated carbocycles. The zero-order valence-corrected chi connectivity index (χ0v) is 17.8. The molecular formula is C23H23N3O3S. The standard InChI is InChI=1S/C23H23N3O3S/c1-16-8-10-26(11-9-16)23-20-13-18(29-2)6-7-21(20)25-15-22(23)30(27,28)19-5-3-4-17(12-19)14-24/h3-7,12-13,15-16H,8-11H2,1-2H3. The van der Waals surface area contributed by atoms with Crippen molar-refractivity contribution < 1.29 is 13.2 Å². The van der Waals surface area contributed by atoms with Crippen molar-refractivity contribution in [3.8, 4) is 11.8 Å². The Morgan fingerprint density at radius 2 is 1.93 bits per heavy atom. The summed E-state index contributed by atoms with van der Waals surface area (Å²) in [6.07, 6.45) is 3.44. The van der Waals surface area contributed by atoms with Crippen LogP contribution in [0.5, 0.6) is 5.75 Å². The van der Waals surface area contributed by atoms with Gasteiger partial charge in [-0.15, -0.1) is 0 Å². The Balaban J connectivity index is 1.96. The molecule has 1 fully saturated rings. The number of hydrogen-bond donors (Lipinski definition) is 0. The third-order valence-corrected chi connectivity index (χ3v) is 7.43. The Morgan fingerprint density at radius 3 is 2.63 bits per heavy atom. The van der Waals surface area contributed by atoms with Crippen LogP contribution < -0.4 is 9.64 Å². The van der Waals surface area contributed by atoms with Gasteiger partial charge >= 0.3 is 0 Å². The average molecular weight is 422 g/mol. The Hall–Kier alpha value is -3.11. The first kappa shape index (κ1) is 20.2. The number of fused-ring (bicyclic) bond motifs is 1. The summed E-state index contributed by atoms with van der Waals surface area (Å²) in [7, 11) is -2.28. The summed E-state index contributed by atoms with van der Waals surface area (Å²) in [4.78, 5) is 6.83. The number of nitriles is 1. The Kier molecular flexibility index (Phi) is 5.35. The fourth-order valence-corrected chi connectivity index (χ4v) is 5.36. The van der Waals surface area contributed by atoms with E-state index in [9.17, 15) is 13.7 Å². The van der Waals surface area contributed by atoms with E-state index in [1.165, 1.54) is 18.3 Å². The maximum atomic E-state index is 13.6. The Bertz CT molecular complexity index is 1240. The normalized spacial score (nSPS) is 15.2. The van der Waals surface area contributed by atoms with Gasteiger partial charge in [-0.25, -0.2) is 8.42 Å². The fourth-order valence-electron chi connectivity index (χ4n) is 3.88. The van der Waals surface area contributed by atoms with E-state index in [-0.39, 0.29) is 9.79 Å². The second kappa shape index (κ2) is 7.96. The van der Waals surface area contributed by atoms with Crippen LogP contribution in [-0.4, -0.2) is 33.6 Å². The molecule has 1 aliphatic rings. The van der Waals surface area contributed by atoms with Crippen molar-refractivity contribution in [2.24, 2.45) is 5.92 Å². The van der Waals surface area contributed by atoms with Gasteiger partial charge in [0.2, 0.25) is 9.84 Å². The molecule has 0 radical (unpaired) electrons. The summed E-state index contributed by atoms with van der Waals surface area (Å²) in [5, 5.41) is 9.95. The molecule has 1 saturated heterocycles. The first-order valence-corrected chi connectivity index (χ1v) is 11.4. The number of benzene rings is 2. The molecule has 6 nitrogen and oxygen atoms in total. The van der Waals surface area contributed by atoms with Gasteiger partial charge in [-0.05, 0) is 55.2 Å². The predicted molar refractivity (Wildman–Crippen MR) is 116 cm³/mol. The third-order valence-electron chi connectivity index (χ3n) is 5.68. The molecule has 1 aromatic heterocycles. The maximum absolute atomic E-state index is 13.6. The van der Waals surface area contributed by atoms with Gasteiger partial charge in [0.15, 0.2) is 0 Å². The molecule has 0 amide bonds. The number of rotatable bonds is 4. The van der Waals surface area contributed by atoms with E-state index >= 15 is 0 Å². The van der Waals surface area contributed by atoms with Crippen LogP contribution in [0, 0.1) is 17.2 Å². The maximum Gasteiger partial charge on any atom is 0.210 e. The first-order chi connectivity index (χ1) is 14.4. The molecule has 0 unspecified atom stereocenters. The number of sulfone groups is 1. The second-order valence-corrected chi connectivity index (χ2v) is 9.58. The highest BCUT2D eigenvalue weighted by Crippen LogP contribution is 2.38. The molecule has 2 heterocycles. The van der Waals surface area contributed by atoms with Gasteiger partial charge in [0.25, 0.3) is 0 Å². The largest absolute Gasteiger partial charge is 0.497 e. The van der Waals surface area contributed by atoms with Gasteiger partial charge in [0.1, 0.15) is 10.6 Å². The van der Waals surface area contributed by atoms with E-state index < -0.39 is 9.84 Å². The molecular weight excluding hydrogens is 398 g/mol. The molecule has 154 valence electrons. The van der Waals surface area contributed by atoms with E-state index in [1.54, 1.807) is 19.2 Å². The van der Waals surface area contributed by atoms with Crippen LogP contribution in [0.4, 0.5) is 5.69 Å². The molecule has 7 heteroatoms. The smallest absolute Gasteiger partial charge is 0.210 e. The lowest BCUT2D eigenvalue weighted by Gasteiger charge is -2.34. The van der Waals surface area contributed by atoms with Gasteiger partial charge in [-0.1, -0.05) is 13.0 Å². The van der Waals surface area contributed by atoms with Gasteiger partial charge in [-0.2, -0.15) is 5.26 Å². The van der Waals surface area contributed by atoms with Crippen LogP contribution >= 0.6 is 0 Å². The summed E-state index contributed by atoms with van der Waals surface area (Å²) in [6, 6.07) is 13.6. The van der Waals surface area contributed by atoms with Gasteiger partial charge < -0.3 is 9.64 Å². The van der Waals surface area contributed by atoms with Crippen LogP contribution in [0.15, 0.2) is 58.5 Å². The number of anilines is 1. The topological polar surface area (TPSA) is 83.3 Å². The SMILES string of the molecule is COc1ccc2ncc(S(=O)(=O)c3cccc(C#N)c3)c(N3CCC(C)CC3)c2c1. The lowest BCUT2D eigenvalue weighted by Crippen LogP contribution is -2.34. The number of ether oxygens (including phenoxy) is 1. The Labute approximate surface area is 176 Å². The van der Waals surface area contributed by atoms with Crippen LogP contribution in [0.3, 0.4) is 0 Å². The number of nitrogens with zero attached hydrogens (tertiary/aromatic N) is 3. The summed E-state index contributed by atoms with van der Waals surface area (Å²) in [5.74, 6) is 1.26. The molecule has 0 atom stereocenters. The summed E-state index contributed by atoms with van der Waals surface area (Å²) < 4.78 is 32.6. The van der Waals surface area contributed by atoms with Crippen LogP contribution in [0.1, 0.15) is 25.3 Å². The molecule has 0 aliphatic carbocycles. The minimum atomic E-state index is -3.87. The van der Waals surface area contributed by atoms with Crippen molar-refractivity contribution in [3.05, 3.63) is 54.2 Å². The molecule has 1 aliphatic heterocycles. The van der Waals surface area contributed by atoms with Crippen molar-refractivity contribution in [3.63, 3.8) is 0 Å². The predicted octanol–water partition coefficient (Wildman–Crippen LogP) is 4.18. The zero-order chi connectivity index (χ0) is 21.3. The van der Waals surface area contributed by atoms with Crippen LogP contribution in [0.2, 0.25) is 0 Å². The lowest BCUT2D eigenvalue weighted by atomic mass is 9.98. The van der Waals surface area contributed by atoms with E-state index in [0.29, 0.717) is 28.4 Å². The molecule has 2 aromatic carbocycles. The molecule has 30 heavy (non-hydrogen) atoms. The first-order valence-electron chi connectivity index (χ1n) is 9.91. The zero-order valence-electron chi connectivity index (χ0n) is 17.0. The molecule has 0 N–H and O–H groups in total. The number of pyridine rings is 1. The van der Waals surface area contributed by atoms with Gasteiger partial charge in [0, 0.05) is 24.7 Å². The number of hydrogen-bond acceptors (Lipinski definition) is 6. The van der Waals surface area contributed by atoms with Crippen molar-refractivity contribution in [1.82, 2.24) is 4.98 Å². The monoisotopic (exact) mass is 421 g/mol. The van der Waals surface area contributed by atoms with E-state index in [4.69, 9.17) is 4.74 Å². The highest BCUT2D eigenvalue weighted by Gasteiger charge is 2.29. The van der Waals surface area contributed by atoms with Crippen LogP contribution in [0.25, 0.3) is 10.9 Å². The second-order valence-electron chi connectivity index (χ2n) is 7.67. The summed E-state index contributed by atoms with van der Waals surface area (Å²) in [5.41, 5.74) is 1.68. The lowest BCUT2D eigenvalue weighted by molar-refractivity contribution is 0.415.